The Morgan fingerprint density at radius 2 is 2.07 bits per heavy atom. The quantitative estimate of drug-likeness (QED) is 0.716. The highest BCUT2D eigenvalue weighted by Crippen LogP contribution is 2.16. The molecule has 1 heterocycles. The lowest BCUT2D eigenvalue weighted by atomic mass is 10.1. The lowest BCUT2D eigenvalue weighted by Crippen LogP contribution is -2.07. The number of hydrogen-bond acceptors (Lipinski definition) is 3. The van der Waals surface area contributed by atoms with Gasteiger partial charge in [0.05, 0.1) is 5.69 Å². The third-order valence-corrected chi connectivity index (χ3v) is 2.81. The number of rotatable bonds is 4. The highest BCUT2D eigenvalue weighted by atomic mass is 32.1. The molecule has 0 saturated carbocycles. The van der Waals surface area contributed by atoms with Gasteiger partial charge in [0.15, 0.2) is 10.8 Å². The molecule has 0 spiro atoms. The SMILES string of the molecule is CC(C)Cc1csc(C(=O)C(C)C)n1. The van der Waals surface area contributed by atoms with E-state index in [-0.39, 0.29) is 11.7 Å². The van der Waals surface area contributed by atoms with Crippen molar-refractivity contribution in [3.63, 3.8) is 0 Å². The molecule has 1 aromatic heterocycles. The van der Waals surface area contributed by atoms with E-state index >= 15 is 0 Å². The monoisotopic (exact) mass is 211 g/mol. The van der Waals surface area contributed by atoms with Gasteiger partial charge in [-0.1, -0.05) is 27.7 Å². The Bertz CT molecular complexity index is 315. The van der Waals surface area contributed by atoms with Gasteiger partial charge in [-0.05, 0) is 12.3 Å². The van der Waals surface area contributed by atoms with Gasteiger partial charge < -0.3 is 0 Å². The summed E-state index contributed by atoms with van der Waals surface area (Å²) < 4.78 is 0. The summed E-state index contributed by atoms with van der Waals surface area (Å²) in [6, 6.07) is 0. The Kier molecular flexibility index (Phi) is 3.81. The summed E-state index contributed by atoms with van der Waals surface area (Å²) >= 11 is 1.47. The minimum atomic E-state index is 0.0491. The fourth-order valence-corrected chi connectivity index (χ4v) is 2.10. The van der Waals surface area contributed by atoms with Crippen molar-refractivity contribution < 1.29 is 4.79 Å². The molecule has 0 N–H and O–H groups in total. The molecule has 1 rings (SSSR count). The zero-order valence-corrected chi connectivity index (χ0v) is 10.0. The molecule has 0 aromatic carbocycles. The van der Waals surface area contributed by atoms with E-state index in [1.54, 1.807) is 0 Å². The summed E-state index contributed by atoms with van der Waals surface area (Å²) in [6.45, 7) is 8.13. The molecule has 0 amide bonds. The molecule has 2 nitrogen and oxygen atoms in total. The van der Waals surface area contributed by atoms with Gasteiger partial charge in [-0.25, -0.2) is 4.98 Å². The number of aromatic nitrogens is 1. The van der Waals surface area contributed by atoms with Crippen molar-refractivity contribution in [3.05, 3.63) is 16.1 Å². The van der Waals surface area contributed by atoms with Gasteiger partial charge in [0.25, 0.3) is 0 Å². The Morgan fingerprint density at radius 3 is 2.57 bits per heavy atom. The molecule has 0 saturated heterocycles. The largest absolute Gasteiger partial charge is 0.291 e. The first-order valence-electron chi connectivity index (χ1n) is 4.99. The van der Waals surface area contributed by atoms with E-state index in [2.05, 4.69) is 18.8 Å². The topological polar surface area (TPSA) is 30.0 Å². The van der Waals surface area contributed by atoms with E-state index in [4.69, 9.17) is 0 Å². The number of ketones is 1. The standard InChI is InChI=1S/C11H17NOS/c1-7(2)5-9-6-14-11(12-9)10(13)8(3)4/h6-8H,5H2,1-4H3. The molecule has 0 unspecified atom stereocenters. The van der Waals surface area contributed by atoms with E-state index < -0.39 is 0 Å². The number of nitrogens with zero attached hydrogens (tertiary/aromatic N) is 1. The van der Waals surface area contributed by atoms with Crippen molar-refractivity contribution in [1.82, 2.24) is 4.98 Å². The zero-order chi connectivity index (χ0) is 10.7. The van der Waals surface area contributed by atoms with Crippen LogP contribution in [0.25, 0.3) is 0 Å². The molecule has 0 aliphatic carbocycles. The van der Waals surface area contributed by atoms with Crippen LogP contribution in [-0.2, 0) is 6.42 Å². The van der Waals surface area contributed by atoms with Crippen LogP contribution < -0.4 is 0 Å². The Morgan fingerprint density at radius 1 is 1.43 bits per heavy atom. The van der Waals surface area contributed by atoms with Crippen LogP contribution in [0.1, 0.15) is 43.2 Å². The number of carbonyl (C=O) groups excluding carboxylic acids is 1. The van der Waals surface area contributed by atoms with E-state index in [1.165, 1.54) is 11.3 Å². The predicted octanol–water partition coefficient (Wildman–Crippen LogP) is 3.18. The predicted molar refractivity (Wildman–Crippen MR) is 59.8 cm³/mol. The Hall–Kier alpha value is -0.700. The molecular weight excluding hydrogens is 194 g/mol. The van der Waals surface area contributed by atoms with E-state index in [0.29, 0.717) is 10.9 Å². The van der Waals surface area contributed by atoms with Crippen LogP contribution in [0.15, 0.2) is 5.38 Å². The van der Waals surface area contributed by atoms with E-state index in [9.17, 15) is 4.79 Å². The van der Waals surface area contributed by atoms with Crippen molar-refractivity contribution in [2.24, 2.45) is 11.8 Å². The Labute approximate surface area is 89.4 Å². The van der Waals surface area contributed by atoms with Gasteiger partial charge in [-0.2, -0.15) is 0 Å². The van der Waals surface area contributed by atoms with Crippen molar-refractivity contribution >= 4 is 17.1 Å². The second-order valence-corrected chi connectivity index (χ2v) is 5.12. The zero-order valence-electron chi connectivity index (χ0n) is 9.20. The second-order valence-electron chi connectivity index (χ2n) is 4.26. The number of Topliss-reactive ketones (excluding diaryl/α,β-unsaturated/α-hetero) is 1. The summed E-state index contributed by atoms with van der Waals surface area (Å²) in [5.74, 6) is 0.803. The van der Waals surface area contributed by atoms with Crippen LogP contribution in [0.2, 0.25) is 0 Å². The molecule has 0 bridgehead atoms. The molecule has 3 heteroatoms. The summed E-state index contributed by atoms with van der Waals surface area (Å²) in [5.41, 5.74) is 1.05. The van der Waals surface area contributed by atoms with Crippen LogP contribution in [0, 0.1) is 11.8 Å². The summed E-state index contributed by atoms with van der Waals surface area (Å²) in [5, 5.41) is 2.66. The average molecular weight is 211 g/mol. The maximum absolute atomic E-state index is 11.6. The van der Waals surface area contributed by atoms with Gasteiger partial charge in [-0.3, -0.25) is 4.79 Å². The van der Waals surface area contributed by atoms with E-state index in [0.717, 1.165) is 12.1 Å². The van der Waals surface area contributed by atoms with Crippen molar-refractivity contribution in [1.29, 1.82) is 0 Å². The molecular formula is C11H17NOS. The average Bonchev–Trinajstić information content (AvgIpc) is 2.50. The summed E-state index contributed by atoms with van der Waals surface area (Å²) in [6.07, 6.45) is 0.960. The number of carbonyl (C=O) groups is 1. The van der Waals surface area contributed by atoms with Crippen molar-refractivity contribution in [2.75, 3.05) is 0 Å². The summed E-state index contributed by atoms with van der Waals surface area (Å²) in [4.78, 5) is 15.9. The molecule has 1 aromatic rings. The third-order valence-electron chi connectivity index (χ3n) is 1.90. The second kappa shape index (κ2) is 4.69. The van der Waals surface area contributed by atoms with Crippen LogP contribution in [-0.4, -0.2) is 10.8 Å². The van der Waals surface area contributed by atoms with Gasteiger partial charge in [0.2, 0.25) is 0 Å². The van der Waals surface area contributed by atoms with Gasteiger partial charge in [0, 0.05) is 11.3 Å². The fraction of sp³-hybridized carbons (Fsp3) is 0.636. The Balaban J connectivity index is 2.73. The van der Waals surface area contributed by atoms with Crippen LogP contribution in [0.5, 0.6) is 0 Å². The lowest BCUT2D eigenvalue weighted by Gasteiger charge is -2.00. The molecule has 0 fully saturated rings. The van der Waals surface area contributed by atoms with Crippen molar-refractivity contribution in [2.45, 2.75) is 34.1 Å². The maximum atomic E-state index is 11.6. The highest BCUT2D eigenvalue weighted by Gasteiger charge is 2.14. The molecule has 0 aliphatic rings. The fourth-order valence-electron chi connectivity index (χ4n) is 1.18. The molecule has 14 heavy (non-hydrogen) atoms. The van der Waals surface area contributed by atoms with Gasteiger partial charge >= 0.3 is 0 Å². The van der Waals surface area contributed by atoms with Gasteiger partial charge in [-0.15, -0.1) is 11.3 Å². The first-order chi connectivity index (χ1) is 6.50. The minimum Gasteiger partial charge on any atom is -0.291 e. The van der Waals surface area contributed by atoms with Crippen LogP contribution in [0.4, 0.5) is 0 Å². The highest BCUT2D eigenvalue weighted by molar-refractivity contribution is 7.11. The minimum absolute atomic E-state index is 0.0491. The van der Waals surface area contributed by atoms with Crippen LogP contribution >= 0.6 is 11.3 Å². The normalized spacial score (nSPS) is 11.3. The number of thiazole rings is 1. The third kappa shape index (κ3) is 2.91. The number of hydrogen-bond donors (Lipinski definition) is 0. The molecule has 0 aliphatic heterocycles. The smallest absolute Gasteiger partial charge is 0.193 e. The summed E-state index contributed by atoms with van der Waals surface area (Å²) in [7, 11) is 0. The maximum Gasteiger partial charge on any atom is 0.193 e. The first kappa shape index (κ1) is 11.4. The van der Waals surface area contributed by atoms with Crippen LogP contribution in [0.3, 0.4) is 0 Å². The van der Waals surface area contributed by atoms with Gasteiger partial charge in [0.1, 0.15) is 0 Å². The van der Waals surface area contributed by atoms with E-state index in [1.807, 2.05) is 19.2 Å². The van der Waals surface area contributed by atoms with Crippen molar-refractivity contribution in [3.8, 4) is 0 Å². The molecule has 0 radical (unpaired) electrons. The first-order valence-corrected chi connectivity index (χ1v) is 5.87. The lowest BCUT2D eigenvalue weighted by molar-refractivity contribution is 0.0939. The molecule has 0 atom stereocenters. The molecule has 78 valence electrons.